The minimum Gasteiger partial charge on any atom is -0.421 e. The van der Waals surface area contributed by atoms with Crippen LogP contribution in [0.4, 0.5) is 4.39 Å². The molecule has 0 radical (unpaired) electrons. The zero-order valence-electron chi connectivity index (χ0n) is 13.1. The molecule has 1 N–H and O–H groups in total. The molecule has 6 nitrogen and oxygen atoms in total. The lowest BCUT2D eigenvalue weighted by molar-refractivity contribution is 0.0698. The van der Waals surface area contributed by atoms with Crippen LogP contribution in [0.1, 0.15) is 30.7 Å². The highest BCUT2D eigenvalue weighted by Crippen LogP contribution is 2.12. The van der Waals surface area contributed by atoms with Crippen molar-refractivity contribution in [3.8, 4) is 0 Å². The topological polar surface area (TPSA) is 73.5 Å². The second-order valence-electron chi connectivity index (χ2n) is 5.03. The molecule has 0 aliphatic carbocycles. The van der Waals surface area contributed by atoms with E-state index >= 15 is 0 Å². The highest BCUT2D eigenvalue weighted by molar-refractivity contribution is 5.28. The lowest BCUT2D eigenvalue weighted by atomic mass is 10.0. The van der Waals surface area contributed by atoms with Crippen molar-refractivity contribution < 1.29 is 14.3 Å². The van der Waals surface area contributed by atoms with Crippen LogP contribution in [0.5, 0.6) is 0 Å². The van der Waals surface area contributed by atoms with Crippen molar-refractivity contribution >= 4 is 0 Å². The number of ether oxygens (including phenoxy) is 1. The van der Waals surface area contributed by atoms with Gasteiger partial charge in [0, 0.05) is 24.3 Å². The van der Waals surface area contributed by atoms with Crippen LogP contribution in [-0.2, 0) is 24.3 Å². The quantitative estimate of drug-likeness (QED) is 0.819. The molecule has 0 aliphatic rings. The Morgan fingerprint density at radius 3 is 2.39 bits per heavy atom. The number of benzene rings is 1. The van der Waals surface area contributed by atoms with Crippen molar-refractivity contribution in [3.63, 3.8) is 0 Å². The van der Waals surface area contributed by atoms with Gasteiger partial charge in [-0.05, 0) is 31.0 Å². The van der Waals surface area contributed by atoms with Gasteiger partial charge in [0.05, 0.1) is 0 Å². The van der Waals surface area contributed by atoms with E-state index in [0.717, 1.165) is 0 Å². The normalized spacial score (nSPS) is 10.9. The van der Waals surface area contributed by atoms with Crippen molar-refractivity contribution in [1.82, 2.24) is 9.30 Å². The van der Waals surface area contributed by atoms with Crippen LogP contribution < -0.4 is 11.2 Å². The van der Waals surface area contributed by atoms with Crippen molar-refractivity contribution in [2.24, 2.45) is 0 Å². The largest absolute Gasteiger partial charge is 0.421 e. The Morgan fingerprint density at radius 1 is 1.17 bits per heavy atom. The van der Waals surface area contributed by atoms with E-state index in [2.05, 4.69) is 0 Å². The van der Waals surface area contributed by atoms with Gasteiger partial charge in [0.25, 0.3) is 5.56 Å². The molecule has 0 atom stereocenters. The molecular formula is C16H19FN2O4. The zero-order valence-corrected chi connectivity index (χ0v) is 13.1. The van der Waals surface area contributed by atoms with Gasteiger partial charge in [0.2, 0.25) is 0 Å². The first-order valence-electron chi connectivity index (χ1n) is 7.38. The predicted molar refractivity (Wildman–Crippen MR) is 82.4 cm³/mol. The molecule has 0 aliphatic heterocycles. The van der Waals surface area contributed by atoms with E-state index in [0.29, 0.717) is 29.8 Å². The highest BCUT2D eigenvalue weighted by atomic mass is 19.1. The molecule has 0 saturated heterocycles. The molecule has 0 fully saturated rings. The predicted octanol–water partition coefficient (Wildman–Crippen LogP) is 1.53. The van der Waals surface area contributed by atoms with Crippen molar-refractivity contribution in [3.05, 3.63) is 67.7 Å². The molecule has 1 aromatic heterocycles. The van der Waals surface area contributed by atoms with Crippen LogP contribution in [0.2, 0.25) is 0 Å². The third kappa shape index (κ3) is 3.50. The van der Waals surface area contributed by atoms with Crippen LogP contribution in [-0.4, -0.2) is 21.1 Å². The molecular weight excluding hydrogens is 303 g/mol. The van der Waals surface area contributed by atoms with E-state index < -0.39 is 11.2 Å². The number of halogens is 1. The Hall–Kier alpha value is -2.41. The average Bonchev–Trinajstić information content (AvgIpc) is 2.56. The molecule has 1 heterocycles. The van der Waals surface area contributed by atoms with Crippen LogP contribution in [0, 0.1) is 5.82 Å². The standard InChI is InChI=1S/C16H19FN2O4/c1-3-14-13(9-11-5-7-12(17)8-6-11)15(20)19(22)16(21)18(14)10-23-4-2/h5-8,22H,3-4,9-10H2,1-2H3. The zero-order chi connectivity index (χ0) is 17.0. The van der Waals surface area contributed by atoms with Crippen LogP contribution in [0.3, 0.4) is 0 Å². The molecule has 7 heteroatoms. The third-order valence-electron chi connectivity index (χ3n) is 3.59. The Kier molecular flexibility index (Phi) is 5.33. The molecule has 124 valence electrons. The summed E-state index contributed by atoms with van der Waals surface area (Å²) in [6.45, 7) is 3.95. The second kappa shape index (κ2) is 7.23. The van der Waals surface area contributed by atoms with Gasteiger partial charge >= 0.3 is 5.69 Å². The lowest BCUT2D eigenvalue weighted by Gasteiger charge is -2.16. The summed E-state index contributed by atoms with van der Waals surface area (Å²) in [6, 6.07) is 5.73. The van der Waals surface area contributed by atoms with Gasteiger partial charge in [-0.15, -0.1) is 0 Å². The number of rotatable bonds is 6. The Labute approximate surface area is 132 Å². The molecule has 23 heavy (non-hydrogen) atoms. The molecule has 0 unspecified atom stereocenters. The maximum absolute atomic E-state index is 13.0. The van der Waals surface area contributed by atoms with Gasteiger partial charge in [-0.1, -0.05) is 23.8 Å². The van der Waals surface area contributed by atoms with Gasteiger partial charge in [-0.2, -0.15) is 0 Å². The smallest absolute Gasteiger partial charge is 0.366 e. The number of aromatic nitrogens is 2. The average molecular weight is 322 g/mol. The van der Waals surface area contributed by atoms with Crippen molar-refractivity contribution in [2.45, 2.75) is 33.4 Å². The van der Waals surface area contributed by atoms with Crippen LogP contribution >= 0.6 is 0 Å². The first-order chi connectivity index (χ1) is 11.0. The minimum absolute atomic E-state index is 0.0459. The van der Waals surface area contributed by atoms with Crippen molar-refractivity contribution in [1.29, 1.82) is 0 Å². The second-order valence-corrected chi connectivity index (χ2v) is 5.03. The summed E-state index contributed by atoms with van der Waals surface area (Å²) in [7, 11) is 0. The van der Waals surface area contributed by atoms with E-state index in [4.69, 9.17) is 4.74 Å². The molecule has 2 rings (SSSR count). The SMILES string of the molecule is CCOCn1c(CC)c(Cc2ccc(F)cc2)c(=O)n(O)c1=O. The van der Waals surface area contributed by atoms with E-state index in [1.165, 1.54) is 16.7 Å². The number of hydrogen-bond acceptors (Lipinski definition) is 4. The van der Waals surface area contributed by atoms with Gasteiger partial charge in [-0.25, -0.2) is 9.18 Å². The molecule has 0 saturated carbocycles. The maximum Gasteiger partial charge on any atom is 0.366 e. The third-order valence-corrected chi connectivity index (χ3v) is 3.59. The molecule has 0 bridgehead atoms. The number of nitrogens with zero attached hydrogens (tertiary/aromatic N) is 2. The summed E-state index contributed by atoms with van der Waals surface area (Å²) in [4.78, 5) is 24.3. The summed E-state index contributed by atoms with van der Waals surface area (Å²) in [5.41, 5.74) is -0.0872. The van der Waals surface area contributed by atoms with Gasteiger partial charge < -0.3 is 9.94 Å². The van der Waals surface area contributed by atoms with E-state index in [9.17, 15) is 19.2 Å². The number of hydrogen-bond donors (Lipinski definition) is 1. The van der Waals surface area contributed by atoms with Crippen molar-refractivity contribution in [2.75, 3.05) is 6.61 Å². The Balaban J connectivity index is 2.56. The fraction of sp³-hybridized carbons (Fsp3) is 0.375. The van der Waals surface area contributed by atoms with E-state index in [-0.39, 0.29) is 23.7 Å². The Morgan fingerprint density at radius 2 is 1.83 bits per heavy atom. The fourth-order valence-electron chi connectivity index (χ4n) is 2.43. The lowest BCUT2D eigenvalue weighted by Crippen LogP contribution is -2.43. The first-order valence-corrected chi connectivity index (χ1v) is 7.38. The molecule has 1 aromatic carbocycles. The van der Waals surface area contributed by atoms with E-state index in [1.807, 2.05) is 6.92 Å². The summed E-state index contributed by atoms with van der Waals surface area (Å²) in [5, 5.41) is 9.76. The van der Waals surface area contributed by atoms with Crippen LogP contribution in [0.25, 0.3) is 0 Å². The summed E-state index contributed by atoms with van der Waals surface area (Å²) >= 11 is 0. The van der Waals surface area contributed by atoms with Gasteiger partial charge in [0.1, 0.15) is 12.5 Å². The molecule has 0 amide bonds. The summed E-state index contributed by atoms with van der Waals surface area (Å²) in [6.07, 6.45) is 0.615. The minimum atomic E-state index is -0.830. The van der Waals surface area contributed by atoms with E-state index in [1.54, 1.807) is 19.1 Å². The molecule has 2 aromatic rings. The molecule has 0 spiro atoms. The maximum atomic E-state index is 13.0. The fourth-order valence-corrected chi connectivity index (χ4v) is 2.43. The van der Waals surface area contributed by atoms with Gasteiger partial charge in [0.15, 0.2) is 0 Å². The summed E-state index contributed by atoms with van der Waals surface area (Å²) in [5.74, 6) is -0.370. The van der Waals surface area contributed by atoms with Gasteiger partial charge in [-0.3, -0.25) is 9.36 Å². The highest BCUT2D eigenvalue weighted by Gasteiger charge is 2.18. The summed E-state index contributed by atoms with van der Waals surface area (Å²) < 4.78 is 19.6. The van der Waals surface area contributed by atoms with Crippen LogP contribution in [0.15, 0.2) is 33.9 Å². The monoisotopic (exact) mass is 322 g/mol. The first kappa shape index (κ1) is 17.0. The Bertz CT molecular complexity index is 793.